The van der Waals surface area contributed by atoms with Crippen LogP contribution < -0.4 is 15.5 Å². The third kappa shape index (κ3) is 6.96. The lowest BCUT2D eigenvalue weighted by molar-refractivity contribution is -0.150. The number of amides is 4. The Labute approximate surface area is 315 Å². The Morgan fingerprint density at radius 3 is 2.07 bits per heavy atom. The molecule has 4 aromatic carbocycles. The number of fused-ring (bicyclic) bond motifs is 2. The van der Waals surface area contributed by atoms with Gasteiger partial charge in [-0.1, -0.05) is 55.5 Å². The number of hydrogen-bond acceptors (Lipinski definition) is 6. The van der Waals surface area contributed by atoms with E-state index in [-0.39, 0.29) is 49.2 Å². The first-order valence-electron chi connectivity index (χ1n) is 18.5. The molecule has 4 amide bonds. The fraction of sp³-hybridized carbons (Fsp3) is 0.333. The van der Waals surface area contributed by atoms with Crippen LogP contribution in [0.3, 0.4) is 0 Å². The first-order chi connectivity index (χ1) is 25.9. The lowest BCUT2D eigenvalue weighted by Gasteiger charge is -2.31. The van der Waals surface area contributed by atoms with E-state index in [4.69, 9.17) is 4.74 Å². The fourth-order valence-corrected chi connectivity index (χ4v) is 11.1. The van der Waals surface area contributed by atoms with Crippen molar-refractivity contribution in [1.29, 1.82) is 0 Å². The van der Waals surface area contributed by atoms with Crippen LogP contribution in [-0.2, 0) is 26.5 Å². The third-order valence-electron chi connectivity index (χ3n) is 11.1. The number of rotatable bonds is 10. The number of carbonyl (C=O) groups is 4. The topological polar surface area (TPSA) is 128 Å². The van der Waals surface area contributed by atoms with Crippen LogP contribution in [0.1, 0.15) is 58.0 Å². The molecule has 3 aliphatic heterocycles. The summed E-state index contributed by atoms with van der Waals surface area (Å²) in [6.45, 7) is 5.53. The Kier molecular flexibility index (Phi) is 10.3. The second kappa shape index (κ2) is 14.9. The summed E-state index contributed by atoms with van der Waals surface area (Å²) in [5.41, 5.74) is 1.55. The molecule has 0 aromatic heterocycles. The second-order valence-corrected chi connectivity index (χ2v) is 18.8. The fourth-order valence-electron chi connectivity index (χ4n) is 8.59. The highest BCUT2D eigenvalue weighted by atomic mass is 28.4. The van der Waals surface area contributed by atoms with Gasteiger partial charge in [-0.25, -0.2) is 0 Å². The summed E-state index contributed by atoms with van der Waals surface area (Å²) in [6, 6.07) is 29.9. The van der Waals surface area contributed by atoms with Gasteiger partial charge in [0.05, 0.1) is 37.4 Å². The molecule has 4 aromatic rings. The molecule has 12 heteroatoms. The van der Waals surface area contributed by atoms with Gasteiger partial charge in [0.15, 0.2) is 5.60 Å². The van der Waals surface area contributed by atoms with E-state index in [1.165, 1.54) is 0 Å². The Balaban J connectivity index is 1.22. The predicted molar refractivity (Wildman–Crippen MR) is 207 cm³/mol. The molecule has 0 radical (unpaired) electrons. The normalized spacial score (nSPS) is 23.5. The minimum Gasteiger partial charge on any atom is -0.394 e. The molecule has 0 bridgehead atoms. The zero-order valence-electron chi connectivity index (χ0n) is 30.6. The van der Waals surface area contributed by atoms with Crippen LogP contribution in [0, 0.1) is 5.92 Å². The number of nitrogens with one attached hydrogen (secondary N) is 2. The summed E-state index contributed by atoms with van der Waals surface area (Å²) in [5.74, 6) is -1.81. The molecule has 3 aliphatic rings. The Bertz CT molecular complexity index is 2040. The van der Waals surface area contributed by atoms with Gasteiger partial charge in [-0.05, 0) is 86.1 Å². The van der Waals surface area contributed by atoms with E-state index in [1.807, 2.05) is 31.2 Å². The number of hydrogen-bond donors (Lipinski definition) is 3. The average Bonchev–Trinajstić information content (AvgIpc) is 3.83. The van der Waals surface area contributed by atoms with Gasteiger partial charge in [-0.3, -0.25) is 19.2 Å². The number of halogens is 1. The molecular formula is C42H45FN4O6Si. The number of nitrogens with zero attached hydrogens (tertiary/aromatic N) is 2. The standard InChI is InChI=1S/C42H45FN4O6Si/c1-27-38(54(2,3)43)36(24-37(49)46-22-10-15-33(46)26-48)53-42(27)34-23-32(45-40(51)30-13-8-5-9-14-30)20-21-35(34)47(41(42)52)25-28-16-18-31(19-17-28)44-39(50)29-11-6-4-7-12-29/h4-9,11-14,16-21,23,27,33,36,38,48H,10,15,22,24-26H2,1-3H3,(H,44,50)(H,45,51)/t27-,33-,36+,38-,42+/m0/s1. The number of likely N-dealkylation sites (tertiary alicyclic amines) is 1. The Morgan fingerprint density at radius 1 is 0.889 bits per heavy atom. The van der Waals surface area contributed by atoms with Crippen molar-refractivity contribution in [3.63, 3.8) is 0 Å². The van der Waals surface area contributed by atoms with E-state index in [2.05, 4.69) is 10.6 Å². The monoisotopic (exact) mass is 748 g/mol. The van der Waals surface area contributed by atoms with Crippen LogP contribution in [-0.4, -0.2) is 67.3 Å². The van der Waals surface area contributed by atoms with E-state index in [9.17, 15) is 19.5 Å². The summed E-state index contributed by atoms with van der Waals surface area (Å²) >= 11 is 0. The summed E-state index contributed by atoms with van der Waals surface area (Å²) < 4.78 is 23.4. The number of ether oxygens (including phenoxy) is 1. The van der Waals surface area contributed by atoms with E-state index in [0.717, 1.165) is 12.0 Å². The van der Waals surface area contributed by atoms with Gasteiger partial charge >= 0.3 is 0 Å². The van der Waals surface area contributed by atoms with Crippen LogP contribution >= 0.6 is 0 Å². The molecule has 2 saturated heterocycles. The zero-order chi connectivity index (χ0) is 38.2. The van der Waals surface area contributed by atoms with Crippen LogP contribution in [0.2, 0.25) is 18.6 Å². The first kappa shape index (κ1) is 37.2. The molecule has 3 heterocycles. The van der Waals surface area contributed by atoms with Crippen molar-refractivity contribution >= 4 is 49.1 Å². The average molecular weight is 749 g/mol. The smallest absolute Gasteiger partial charge is 0.264 e. The number of benzene rings is 4. The minimum atomic E-state index is -3.57. The molecule has 54 heavy (non-hydrogen) atoms. The lowest BCUT2D eigenvalue weighted by Crippen LogP contribution is -2.45. The van der Waals surface area contributed by atoms with Crippen molar-refractivity contribution < 1.29 is 33.1 Å². The maximum absolute atomic E-state index is 16.5. The molecule has 0 aliphatic carbocycles. The van der Waals surface area contributed by atoms with Gasteiger partial charge in [0.2, 0.25) is 14.3 Å². The molecule has 0 saturated carbocycles. The van der Waals surface area contributed by atoms with Gasteiger partial charge in [-0.15, -0.1) is 0 Å². The van der Waals surface area contributed by atoms with Gasteiger partial charge < -0.3 is 34.4 Å². The molecule has 280 valence electrons. The van der Waals surface area contributed by atoms with Gasteiger partial charge in [0.25, 0.3) is 17.7 Å². The minimum absolute atomic E-state index is 0.114. The Hall–Kier alpha value is -5.17. The van der Waals surface area contributed by atoms with Crippen molar-refractivity contribution in [2.45, 2.75) is 69.1 Å². The quantitative estimate of drug-likeness (QED) is 0.120. The molecule has 10 nitrogen and oxygen atoms in total. The van der Waals surface area contributed by atoms with E-state index in [1.54, 1.807) is 102 Å². The van der Waals surface area contributed by atoms with E-state index in [0.29, 0.717) is 46.7 Å². The third-order valence-corrected chi connectivity index (χ3v) is 13.6. The number of carbonyl (C=O) groups excluding carboxylic acids is 4. The van der Waals surface area contributed by atoms with Gasteiger partial charge in [0.1, 0.15) is 0 Å². The van der Waals surface area contributed by atoms with Crippen molar-refractivity contribution in [3.05, 3.63) is 125 Å². The highest BCUT2D eigenvalue weighted by Gasteiger charge is 2.67. The van der Waals surface area contributed by atoms with Crippen molar-refractivity contribution in [2.75, 3.05) is 28.7 Å². The molecule has 0 unspecified atom stereocenters. The molecule has 2 fully saturated rings. The Morgan fingerprint density at radius 2 is 1.48 bits per heavy atom. The van der Waals surface area contributed by atoms with Crippen LogP contribution in [0.4, 0.5) is 21.2 Å². The summed E-state index contributed by atoms with van der Waals surface area (Å²) in [5, 5.41) is 15.8. The van der Waals surface area contributed by atoms with Gasteiger partial charge in [-0.2, -0.15) is 0 Å². The molecular weight excluding hydrogens is 704 g/mol. The lowest BCUT2D eigenvalue weighted by atomic mass is 9.82. The number of aliphatic hydroxyl groups is 1. The van der Waals surface area contributed by atoms with Crippen molar-refractivity contribution in [3.8, 4) is 0 Å². The summed E-state index contributed by atoms with van der Waals surface area (Å²) in [6.07, 6.45) is 0.468. The first-order valence-corrected chi connectivity index (χ1v) is 21.4. The highest BCUT2D eigenvalue weighted by molar-refractivity contribution is 6.72. The zero-order valence-corrected chi connectivity index (χ0v) is 31.6. The van der Waals surface area contributed by atoms with Crippen LogP contribution in [0.15, 0.2) is 103 Å². The SMILES string of the molecule is C[C@H]1[C@H]([Si](C)(C)F)[C@@H](CC(=O)N2CCC[C@H]2CO)O[C@]12C(=O)N(Cc1ccc(NC(=O)c3ccccc3)cc1)c1ccc(NC(=O)c3ccccc3)cc12. The van der Waals surface area contributed by atoms with Gasteiger partial charge in [0, 0.05) is 46.1 Å². The van der Waals surface area contributed by atoms with E-state index >= 15 is 8.90 Å². The number of anilines is 3. The number of aliphatic hydroxyl groups excluding tert-OH is 1. The predicted octanol–water partition coefficient (Wildman–Crippen LogP) is 6.89. The highest BCUT2D eigenvalue weighted by Crippen LogP contribution is 2.60. The molecule has 7 rings (SSSR count). The van der Waals surface area contributed by atoms with Crippen molar-refractivity contribution in [2.24, 2.45) is 5.92 Å². The van der Waals surface area contributed by atoms with Crippen molar-refractivity contribution in [1.82, 2.24) is 4.90 Å². The van der Waals surface area contributed by atoms with Crippen LogP contribution in [0.25, 0.3) is 0 Å². The van der Waals surface area contributed by atoms with Crippen LogP contribution in [0.5, 0.6) is 0 Å². The molecule has 5 atom stereocenters. The summed E-state index contributed by atoms with van der Waals surface area (Å²) in [4.78, 5) is 58.0. The maximum atomic E-state index is 16.5. The summed E-state index contributed by atoms with van der Waals surface area (Å²) in [7, 11) is -3.57. The van der Waals surface area contributed by atoms with E-state index < -0.39 is 31.6 Å². The second-order valence-electron chi connectivity index (χ2n) is 15.0. The maximum Gasteiger partial charge on any atom is 0.264 e. The largest absolute Gasteiger partial charge is 0.394 e. The molecule has 3 N–H and O–H groups in total. The molecule has 1 spiro atoms.